The lowest BCUT2D eigenvalue weighted by molar-refractivity contribution is -0.148. The SMILES string of the molecule is CC(O)CNC(=O)C1CCC(=O)O1. The molecule has 1 rings (SSSR count). The van der Waals surface area contributed by atoms with Crippen molar-refractivity contribution in [3.05, 3.63) is 0 Å². The predicted octanol–water partition coefficient (Wildman–Crippen LogP) is -0.811. The minimum Gasteiger partial charge on any atom is -0.452 e. The topological polar surface area (TPSA) is 75.6 Å². The fourth-order valence-corrected chi connectivity index (χ4v) is 1.07. The van der Waals surface area contributed by atoms with Crippen molar-refractivity contribution in [2.24, 2.45) is 0 Å². The molecule has 1 saturated heterocycles. The summed E-state index contributed by atoms with van der Waals surface area (Å²) in [6, 6.07) is 0. The largest absolute Gasteiger partial charge is 0.452 e. The van der Waals surface area contributed by atoms with Crippen LogP contribution in [0, 0.1) is 0 Å². The summed E-state index contributed by atoms with van der Waals surface area (Å²) in [6.45, 7) is 1.76. The molecule has 0 saturated carbocycles. The highest BCUT2D eigenvalue weighted by Crippen LogP contribution is 2.13. The molecule has 2 N–H and O–H groups in total. The summed E-state index contributed by atoms with van der Waals surface area (Å²) >= 11 is 0. The molecule has 0 aromatic rings. The van der Waals surface area contributed by atoms with Gasteiger partial charge in [-0.2, -0.15) is 0 Å². The smallest absolute Gasteiger partial charge is 0.306 e. The minimum atomic E-state index is -0.661. The molecule has 5 nitrogen and oxygen atoms in total. The Hall–Kier alpha value is -1.10. The maximum atomic E-state index is 11.2. The third-order valence-corrected chi connectivity index (χ3v) is 1.75. The number of carbonyl (C=O) groups excluding carboxylic acids is 2. The number of cyclic esters (lactones) is 1. The number of aliphatic hydroxyl groups is 1. The molecule has 1 heterocycles. The molecule has 0 spiro atoms. The van der Waals surface area contributed by atoms with Crippen molar-refractivity contribution < 1.29 is 19.4 Å². The molecule has 1 fully saturated rings. The Labute approximate surface area is 76.1 Å². The van der Waals surface area contributed by atoms with Gasteiger partial charge in [0.1, 0.15) is 0 Å². The molecule has 0 bridgehead atoms. The Morgan fingerprint density at radius 3 is 3.00 bits per heavy atom. The Balaban J connectivity index is 2.27. The van der Waals surface area contributed by atoms with Gasteiger partial charge in [0.05, 0.1) is 6.10 Å². The number of amides is 1. The van der Waals surface area contributed by atoms with Gasteiger partial charge in [-0.1, -0.05) is 0 Å². The third kappa shape index (κ3) is 3.02. The fraction of sp³-hybridized carbons (Fsp3) is 0.750. The van der Waals surface area contributed by atoms with Gasteiger partial charge in [-0.15, -0.1) is 0 Å². The molecule has 2 atom stereocenters. The standard InChI is InChI=1S/C8H13NO4/c1-5(10)4-9-8(12)6-2-3-7(11)13-6/h5-6,10H,2-4H2,1H3,(H,9,12). The van der Waals surface area contributed by atoms with E-state index in [0.717, 1.165) is 0 Å². The monoisotopic (exact) mass is 187 g/mol. The van der Waals surface area contributed by atoms with Crippen molar-refractivity contribution >= 4 is 11.9 Å². The molecule has 5 heteroatoms. The molecule has 0 aromatic heterocycles. The number of hydrogen-bond acceptors (Lipinski definition) is 4. The molecule has 13 heavy (non-hydrogen) atoms. The molecule has 0 aliphatic carbocycles. The average Bonchev–Trinajstić information content (AvgIpc) is 2.47. The van der Waals surface area contributed by atoms with Crippen LogP contribution in [0.4, 0.5) is 0 Å². The van der Waals surface area contributed by atoms with E-state index in [0.29, 0.717) is 12.8 Å². The number of aliphatic hydroxyl groups excluding tert-OH is 1. The Kier molecular flexibility index (Phi) is 3.25. The van der Waals surface area contributed by atoms with Gasteiger partial charge in [-0.3, -0.25) is 9.59 Å². The van der Waals surface area contributed by atoms with Crippen LogP contribution in [0.5, 0.6) is 0 Å². The second-order valence-electron chi connectivity index (χ2n) is 3.11. The van der Waals surface area contributed by atoms with E-state index in [2.05, 4.69) is 5.32 Å². The van der Waals surface area contributed by atoms with Crippen LogP contribution in [0.15, 0.2) is 0 Å². The van der Waals surface area contributed by atoms with Crippen LogP contribution in [0.2, 0.25) is 0 Å². The van der Waals surface area contributed by atoms with Gasteiger partial charge in [-0.25, -0.2) is 0 Å². The molecule has 1 amide bonds. The minimum absolute atomic E-state index is 0.187. The second-order valence-corrected chi connectivity index (χ2v) is 3.11. The maximum Gasteiger partial charge on any atom is 0.306 e. The van der Waals surface area contributed by atoms with E-state index in [9.17, 15) is 9.59 Å². The molecule has 2 unspecified atom stereocenters. The summed E-state index contributed by atoms with van der Waals surface area (Å²) in [5, 5.41) is 11.4. The van der Waals surface area contributed by atoms with Crippen LogP contribution in [0.1, 0.15) is 19.8 Å². The van der Waals surface area contributed by atoms with E-state index in [-0.39, 0.29) is 18.4 Å². The van der Waals surface area contributed by atoms with Crippen LogP contribution in [-0.4, -0.2) is 35.7 Å². The van der Waals surface area contributed by atoms with Gasteiger partial charge < -0.3 is 15.2 Å². The number of esters is 1. The van der Waals surface area contributed by atoms with E-state index in [1.165, 1.54) is 0 Å². The summed E-state index contributed by atoms with van der Waals surface area (Å²) in [4.78, 5) is 21.8. The summed E-state index contributed by atoms with van der Waals surface area (Å²) in [7, 11) is 0. The van der Waals surface area contributed by atoms with Gasteiger partial charge in [0.2, 0.25) is 0 Å². The van der Waals surface area contributed by atoms with Gasteiger partial charge in [0.15, 0.2) is 6.10 Å². The molecule has 74 valence electrons. The summed E-state index contributed by atoms with van der Waals surface area (Å²) < 4.78 is 4.72. The van der Waals surface area contributed by atoms with Gasteiger partial charge in [-0.05, 0) is 6.92 Å². The van der Waals surface area contributed by atoms with Crippen molar-refractivity contribution in [1.82, 2.24) is 5.32 Å². The van der Waals surface area contributed by atoms with Crippen LogP contribution in [-0.2, 0) is 14.3 Å². The lowest BCUT2D eigenvalue weighted by Crippen LogP contribution is -2.38. The van der Waals surface area contributed by atoms with Crippen LogP contribution >= 0.6 is 0 Å². The van der Waals surface area contributed by atoms with Gasteiger partial charge in [0.25, 0.3) is 5.91 Å². The molecule has 1 aliphatic heterocycles. The van der Waals surface area contributed by atoms with Crippen LogP contribution < -0.4 is 5.32 Å². The number of carbonyl (C=O) groups is 2. The first-order valence-corrected chi connectivity index (χ1v) is 4.25. The highest BCUT2D eigenvalue weighted by atomic mass is 16.6. The Bertz CT molecular complexity index is 214. The molecule has 1 aliphatic rings. The second kappa shape index (κ2) is 4.23. The van der Waals surface area contributed by atoms with Crippen LogP contribution in [0.25, 0.3) is 0 Å². The first kappa shape index (κ1) is 9.98. The zero-order chi connectivity index (χ0) is 9.84. The highest BCUT2D eigenvalue weighted by Gasteiger charge is 2.29. The first-order valence-electron chi connectivity index (χ1n) is 4.25. The highest BCUT2D eigenvalue weighted by molar-refractivity contribution is 5.86. The lowest BCUT2D eigenvalue weighted by Gasteiger charge is -2.10. The van der Waals surface area contributed by atoms with E-state index in [1.807, 2.05) is 0 Å². The molecular weight excluding hydrogens is 174 g/mol. The van der Waals surface area contributed by atoms with E-state index in [1.54, 1.807) is 6.92 Å². The zero-order valence-electron chi connectivity index (χ0n) is 7.45. The van der Waals surface area contributed by atoms with E-state index < -0.39 is 12.2 Å². The summed E-state index contributed by atoms with van der Waals surface area (Å²) in [5.74, 6) is -0.663. The Morgan fingerprint density at radius 1 is 1.85 bits per heavy atom. The molecular formula is C8H13NO4. The van der Waals surface area contributed by atoms with Crippen LogP contribution in [0.3, 0.4) is 0 Å². The van der Waals surface area contributed by atoms with Crippen molar-refractivity contribution in [3.63, 3.8) is 0 Å². The molecule has 0 radical (unpaired) electrons. The maximum absolute atomic E-state index is 11.2. The average molecular weight is 187 g/mol. The first-order chi connectivity index (χ1) is 6.09. The van der Waals surface area contributed by atoms with E-state index >= 15 is 0 Å². The van der Waals surface area contributed by atoms with Crippen molar-refractivity contribution in [2.45, 2.75) is 32.0 Å². The van der Waals surface area contributed by atoms with Crippen molar-refractivity contribution in [3.8, 4) is 0 Å². The normalized spacial score (nSPS) is 23.8. The Morgan fingerprint density at radius 2 is 2.54 bits per heavy atom. The summed E-state index contributed by atoms with van der Waals surface area (Å²) in [6.07, 6.45) is -0.510. The third-order valence-electron chi connectivity index (χ3n) is 1.75. The lowest BCUT2D eigenvalue weighted by atomic mass is 10.2. The van der Waals surface area contributed by atoms with E-state index in [4.69, 9.17) is 9.84 Å². The number of rotatable bonds is 3. The van der Waals surface area contributed by atoms with Crippen molar-refractivity contribution in [1.29, 1.82) is 0 Å². The van der Waals surface area contributed by atoms with Gasteiger partial charge in [0, 0.05) is 19.4 Å². The summed E-state index contributed by atoms with van der Waals surface area (Å²) in [5.41, 5.74) is 0. The molecule has 0 aromatic carbocycles. The zero-order valence-corrected chi connectivity index (χ0v) is 7.45. The quantitative estimate of drug-likeness (QED) is 0.566. The van der Waals surface area contributed by atoms with Crippen molar-refractivity contribution in [2.75, 3.05) is 6.54 Å². The fourth-order valence-electron chi connectivity index (χ4n) is 1.07. The number of ether oxygens (including phenoxy) is 1. The van der Waals surface area contributed by atoms with Gasteiger partial charge >= 0.3 is 5.97 Å². The predicted molar refractivity (Wildman–Crippen MR) is 43.8 cm³/mol. The number of nitrogens with one attached hydrogen (secondary N) is 1. The number of hydrogen-bond donors (Lipinski definition) is 2.